The lowest BCUT2D eigenvalue weighted by Gasteiger charge is -2.34. The maximum atomic E-state index is 12.2. The highest BCUT2D eigenvalue weighted by Gasteiger charge is 2.29. The van der Waals surface area contributed by atoms with Crippen molar-refractivity contribution >= 4 is 40.1 Å². The Balaban J connectivity index is 0.00000155. The number of hydrogen-bond acceptors (Lipinski definition) is 7. The Kier molecular flexibility index (Phi) is 7.77. The summed E-state index contributed by atoms with van der Waals surface area (Å²) >= 11 is 5.98. The van der Waals surface area contributed by atoms with Gasteiger partial charge in [-0.2, -0.15) is 0 Å². The Hall–Kier alpha value is -2.68. The molecule has 0 spiro atoms. The van der Waals surface area contributed by atoms with Crippen LogP contribution >= 0.6 is 11.6 Å². The van der Waals surface area contributed by atoms with Crippen molar-refractivity contribution in [3.05, 3.63) is 33.6 Å². The van der Waals surface area contributed by atoms with Crippen molar-refractivity contribution in [2.45, 2.75) is 59.1 Å². The zero-order valence-electron chi connectivity index (χ0n) is 17.9. The summed E-state index contributed by atoms with van der Waals surface area (Å²) in [5, 5.41) is 14.9. The molecule has 1 aliphatic heterocycles. The summed E-state index contributed by atoms with van der Waals surface area (Å²) in [4.78, 5) is 33.1. The smallest absolute Gasteiger partial charge is 0.410 e. The number of piperidine rings is 1. The number of carbonyl (C=O) groups excluding carboxylic acids is 1. The van der Waals surface area contributed by atoms with Crippen molar-refractivity contribution < 1.29 is 14.5 Å². The Bertz CT molecular complexity index is 908. The lowest BCUT2D eigenvalue weighted by molar-refractivity contribution is -0.384. The summed E-state index contributed by atoms with van der Waals surface area (Å²) in [6.45, 7) is 10.5. The Labute approximate surface area is 180 Å². The van der Waals surface area contributed by atoms with E-state index in [4.69, 9.17) is 16.3 Å². The molecule has 1 saturated heterocycles. The van der Waals surface area contributed by atoms with Gasteiger partial charge in [0.05, 0.1) is 10.4 Å². The first-order valence-corrected chi connectivity index (χ1v) is 10.4. The Morgan fingerprint density at radius 1 is 1.30 bits per heavy atom. The van der Waals surface area contributed by atoms with E-state index in [0.29, 0.717) is 42.7 Å². The normalized spacial score (nSPS) is 14.7. The molecular weight excluding hydrogens is 410 g/mol. The van der Waals surface area contributed by atoms with E-state index in [1.807, 2.05) is 34.6 Å². The molecule has 0 bridgehead atoms. The first-order valence-electron chi connectivity index (χ1n) is 9.98. The molecule has 30 heavy (non-hydrogen) atoms. The first kappa shape index (κ1) is 23.6. The van der Waals surface area contributed by atoms with Gasteiger partial charge in [0.25, 0.3) is 0 Å². The van der Waals surface area contributed by atoms with Crippen molar-refractivity contribution in [1.29, 1.82) is 0 Å². The van der Waals surface area contributed by atoms with E-state index >= 15 is 0 Å². The average molecular weight is 438 g/mol. The van der Waals surface area contributed by atoms with Crippen LogP contribution in [-0.2, 0) is 4.74 Å². The van der Waals surface area contributed by atoms with Gasteiger partial charge in [-0.3, -0.25) is 10.1 Å². The average Bonchev–Trinajstić information content (AvgIpc) is 2.69. The number of ether oxygens (including phenoxy) is 1. The van der Waals surface area contributed by atoms with Crippen molar-refractivity contribution in [2.24, 2.45) is 0 Å². The van der Waals surface area contributed by atoms with Crippen LogP contribution in [0, 0.1) is 10.1 Å². The number of hydrogen-bond donors (Lipinski definition) is 1. The predicted octanol–water partition coefficient (Wildman–Crippen LogP) is 5.03. The van der Waals surface area contributed by atoms with Crippen LogP contribution in [0.3, 0.4) is 0 Å². The van der Waals surface area contributed by atoms with Crippen molar-refractivity contribution in [2.75, 3.05) is 18.4 Å². The number of aromatic nitrogens is 2. The molecule has 1 aliphatic rings. The van der Waals surface area contributed by atoms with Crippen molar-refractivity contribution in [3.63, 3.8) is 0 Å². The van der Waals surface area contributed by atoms with Crippen molar-refractivity contribution in [3.8, 4) is 0 Å². The summed E-state index contributed by atoms with van der Waals surface area (Å²) in [7, 11) is 0. The number of anilines is 1. The van der Waals surface area contributed by atoms with Gasteiger partial charge in [0, 0.05) is 19.1 Å². The van der Waals surface area contributed by atoms with Gasteiger partial charge in [-0.05, 0) is 45.7 Å². The van der Waals surface area contributed by atoms with Crippen LogP contribution in [0.4, 0.5) is 16.2 Å². The van der Waals surface area contributed by atoms with Crippen molar-refractivity contribution in [1.82, 2.24) is 14.9 Å². The highest BCUT2D eigenvalue weighted by Crippen LogP contribution is 2.33. The molecule has 3 heterocycles. The molecule has 1 amide bonds. The third-order valence-corrected chi connectivity index (χ3v) is 4.56. The number of likely N-dealkylation sites (tertiary alicyclic amines) is 1. The first-order chi connectivity index (χ1) is 14.1. The van der Waals surface area contributed by atoms with E-state index in [1.165, 1.54) is 6.20 Å². The topological polar surface area (TPSA) is 110 Å². The summed E-state index contributed by atoms with van der Waals surface area (Å²) in [5.41, 5.74) is 0.471. The number of rotatable bonds is 3. The predicted molar refractivity (Wildman–Crippen MR) is 117 cm³/mol. The van der Waals surface area contributed by atoms with Gasteiger partial charge in [-0.25, -0.2) is 14.8 Å². The molecular formula is C20H28ClN5O4. The van der Waals surface area contributed by atoms with Crippen LogP contribution in [0.2, 0.25) is 5.15 Å². The van der Waals surface area contributed by atoms with E-state index < -0.39 is 10.5 Å². The van der Waals surface area contributed by atoms with Crippen LogP contribution in [0.1, 0.15) is 47.5 Å². The lowest BCUT2D eigenvalue weighted by Crippen LogP contribution is -2.44. The van der Waals surface area contributed by atoms with Gasteiger partial charge >= 0.3 is 11.8 Å². The molecule has 0 unspecified atom stereocenters. The molecule has 0 atom stereocenters. The second-order valence-electron chi connectivity index (χ2n) is 7.66. The van der Waals surface area contributed by atoms with Gasteiger partial charge in [0.15, 0.2) is 0 Å². The Morgan fingerprint density at radius 3 is 2.50 bits per heavy atom. The molecule has 9 nitrogen and oxygen atoms in total. The third kappa shape index (κ3) is 5.91. The highest BCUT2D eigenvalue weighted by molar-refractivity contribution is 6.29. The number of nitrogens with zero attached hydrogens (tertiary/aromatic N) is 4. The van der Waals surface area contributed by atoms with Crippen LogP contribution in [0.15, 0.2) is 18.3 Å². The molecule has 0 saturated carbocycles. The third-order valence-electron chi connectivity index (χ3n) is 4.35. The fraction of sp³-hybridized carbons (Fsp3) is 0.550. The van der Waals surface area contributed by atoms with E-state index in [0.717, 1.165) is 0 Å². The van der Waals surface area contributed by atoms with Gasteiger partial charge < -0.3 is 15.0 Å². The second kappa shape index (κ2) is 9.88. The molecule has 0 aromatic carbocycles. The number of halogens is 1. The van der Waals surface area contributed by atoms with Gasteiger partial charge in [-0.1, -0.05) is 25.4 Å². The SMILES string of the molecule is CC.CC(C)(C)OC(=O)N1CCC(Nc2c([N+](=O)[O-])cnc3ccc(Cl)nc23)CC1. The van der Waals surface area contributed by atoms with Crippen LogP contribution in [0.5, 0.6) is 0 Å². The molecule has 164 valence electrons. The number of amides is 1. The summed E-state index contributed by atoms with van der Waals surface area (Å²) in [6.07, 6.45) is 2.12. The number of nitro groups is 1. The molecule has 1 N–H and O–H groups in total. The van der Waals surface area contributed by atoms with Gasteiger partial charge in [0.2, 0.25) is 0 Å². The number of fused-ring (bicyclic) bond motifs is 1. The van der Waals surface area contributed by atoms with E-state index in [9.17, 15) is 14.9 Å². The summed E-state index contributed by atoms with van der Waals surface area (Å²) in [6, 6.07) is 3.21. The van der Waals surface area contributed by atoms with Crippen LogP contribution in [-0.4, -0.2) is 50.6 Å². The minimum absolute atomic E-state index is 0.0521. The van der Waals surface area contributed by atoms with Crippen LogP contribution in [0.25, 0.3) is 11.0 Å². The zero-order chi connectivity index (χ0) is 22.5. The molecule has 2 aromatic heterocycles. The molecule has 1 fully saturated rings. The number of nitrogens with one attached hydrogen (secondary N) is 1. The zero-order valence-corrected chi connectivity index (χ0v) is 18.7. The highest BCUT2D eigenvalue weighted by atomic mass is 35.5. The molecule has 0 radical (unpaired) electrons. The monoisotopic (exact) mass is 437 g/mol. The van der Waals surface area contributed by atoms with E-state index in [-0.39, 0.29) is 23.0 Å². The number of pyridine rings is 2. The largest absolute Gasteiger partial charge is 0.444 e. The Morgan fingerprint density at radius 2 is 1.93 bits per heavy atom. The fourth-order valence-corrected chi connectivity index (χ4v) is 3.20. The second-order valence-corrected chi connectivity index (χ2v) is 8.05. The summed E-state index contributed by atoms with van der Waals surface area (Å²) in [5.74, 6) is 0. The molecule has 0 aliphatic carbocycles. The number of carbonyl (C=O) groups is 1. The maximum Gasteiger partial charge on any atom is 0.410 e. The van der Waals surface area contributed by atoms with E-state index in [2.05, 4.69) is 15.3 Å². The fourth-order valence-electron chi connectivity index (χ4n) is 3.05. The minimum Gasteiger partial charge on any atom is -0.444 e. The quantitative estimate of drug-likeness (QED) is 0.407. The summed E-state index contributed by atoms with van der Waals surface area (Å²) < 4.78 is 5.40. The molecule has 2 aromatic rings. The maximum absolute atomic E-state index is 12.2. The van der Waals surface area contributed by atoms with Crippen LogP contribution < -0.4 is 5.32 Å². The van der Waals surface area contributed by atoms with E-state index in [1.54, 1.807) is 17.0 Å². The lowest BCUT2D eigenvalue weighted by atomic mass is 10.0. The minimum atomic E-state index is -0.548. The molecule has 10 heteroatoms. The standard InChI is InChI=1S/C18H22ClN5O4.C2H6/c1-18(2,3)28-17(25)23-8-6-11(7-9-23)21-16-13(24(26)27)10-20-12-4-5-14(19)22-15(12)16;1-2/h4-5,10-11H,6-9H2,1-3H3,(H,20,21);1-2H3. The molecule has 3 rings (SSSR count). The van der Waals surface area contributed by atoms with Gasteiger partial charge in [0.1, 0.15) is 28.2 Å². The van der Waals surface area contributed by atoms with Gasteiger partial charge in [-0.15, -0.1) is 0 Å².